The maximum atomic E-state index is 13.7. The van der Waals surface area contributed by atoms with Gasteiger partial charge in [-0.05, 0) is 48.9 Å². The van der Waals surface area contributed by atoms with E-state index in [4.69, 9.17) is 4.74 Å². The first-order valence-corrected chi connectivity index (χ1v) is 12.7. The molecular formula is C24H17F2N5O4S2. The predicted molar refractivity (Wildman–Crippen MR) is 134 cm³/mol. The summed E-state index contributed by atoms with van der Waals surface area (Å²) in [4.78, 5) is 12.4. The van der Waals surface area contributed by atoms with Gasteiger partial charge < -0.3 is 9.84 Å². The fourth-order valence-electron chi connectivity index (χ4n) is 3.29. The Morgan fingerprint density at radius 2 is 2.00 bits per heavy atom. The fourth-order valence-corrected chi connectivity index (χ4v) is 5.47. The average molecular weight is 542 g/mol. The Bertz CT molecular complexity index is 1680. The van der Waals surface area contributed by atoms with Crippen LogP contribution in [0.4, 0.5) is 19.6 Å². The molecule has 4 rings (SSSR count). The molecule has 2 aromatic carbocycles. The number of thiazole rings is 1. The molecule has 188 valence electrons. The summed E-state index contributed by atoms with van der Waals surface area (Å²) >= 11 is 0.741. The van der Waals surface area contributed by atoms with Gasteiger partial charge >= 0.3 is 0 Å². The Labute approximate surface area is 214 Å². The van der Waals surface area contributed by atoms with E-state index in [-0.39, 0.29) is 43.4 Å². The van der Waals surface area contributed by atoms with Gasteiger partial charge in [-0.25, -0.2) is 18.7 Å². The molecule has 13 heteroatoms. The van der Waals surface area contributed by atoms with Crippen molar-refractivity contribution in [1.82, 2.24) is 9.97 Å². The van der Waals surface area contributed by atoms with Gasteiger partial charge in [0.2, 0.25) is 0 Å². The van der Waals surface area contributed by atoms with Crippen molar-refractivity contribution in [3.63, 3.8) is 0 Å². The lowest BCUT2D eigenvalue weighted by atomic mass is 10.1. The topological polar surface area (TPSA) is 138 Å². The number of hydrogen-bond acceptors (Lipinski definition) is 9. The van der Waals surface area contributed by atoms with Crippen LogP contribution in [0.25, 0.3) is 11.3 Å². The van der Waals surface area contributed by atoms with Gasteiger partial charge in [-0.15, -0.1) is 0 Å². The van der Waals surface area contributed by atoms with Crippen LogP contribution in [0.2, 0.25) is 0 Å². The van der Waals surface area contributed by atoms with Crippen molar-refractivity contribution < 1.29 is 27.0 Å². The Kier molecular flexibility index (Phi) is 7.14. The van der Waals surface area contributed by atoms with Crippen molar-refractivity contribution >= 4 is 38.4 Å². The maximum absolute atomic E-state index is 13.7. The lowest BCUT2D eigenvalue weighted by Crippen LogP contribution is -2.15. The van der Waals surface area contributed by atoms with Gasteiger partial charge in [0.15, 0.2) is 33.3 Å². The first kappa shape index (κ1) is 25.7. The number of aryl methyl sites for hydroxylation is 1. The van der Waals surface area contributed by atoms with Gasteiger partial charge in [0.05, 0.1) is 19.0 Å². The number of benzene rings is 2. The zero-order valence-electron chi connectivity index (χ0n) is 19.2. The molecule has 2 aromatic heterocycles. The third kappa shape index (κ3) is 5.40. The summed E-state index contributed by atoms with van der Waals surface area (Å²) in [6, 6.07) is 11.3. The summed E-state index contributed by atoms with van der Waals surface area (Å²) in [7, 11) is -2.79. The number of ether oxygens (including phenoxy) is 1. The van der Waals surface area contributed by atoms with E-state index in [1.807, 2.05) is 6.07 Å². The molecule has 0 bridgehead atoms. The number of nitrogens with zero attached hydrogens (tertiary/aromatic N) is 4. The van der Waals surface area contributed by atoms with Crippen molar-refractivity contribution in [2.24, 2.45) is 4.99 Å². The smallest absolute Gasteiger partial charge is 0.281 e. The number of anilines is 1. The number of phenolic OH excluding ortho intramolecular Hbond substituents is 1. The molecule has 0 aliphatic carbocycles. The summed E-state index contributed by atoms with van der Waals surface area (Å²) in [6.07, 6.45) is 2.63. The Morgan fingerprint density at radius 1 is 1.22 bits per heavy atom. The number of aliphatic imine (C=N–C) groups is 1. The van der Waals surface area contributed by atoms with Crippen molar-refractivity contribution in [3.8, 4) is 28.8 Å². The quantitative estimate of drug-likeness (QED) is 0.317. The minimum absolute atomic E-state index is 0.0128. The number of pyridine rings is 1. The molecule has 0 atom stereocenters. The van der Waals surface area contributed by atoms with Gasteiger partial charge in [0.1, 0.15) is 16.6 Å². The summed E-state index contributed by atoms with van der Waals surface area (Å²) in [5.41, 5.74) is 1.13. The highest BCUT2D eigenvalue weighted by Crippen LogP contribution is 2.33. The molecule has 2 heterocycles. The Hall–Kier alpha value is -4.41. The normalized spacial score (nSPS) is 11.4. The largest absolute Gasteiger partial charge is 0.504 e. The van der Waals surface area contributed by atoms with Crippen LogP contribution in [0.1, 0.15) is 16.0 Å². The van der Waals surface area contributed by atoms with E-state index in [0.717, 1.165) is 23.5 Å². The highest BCUT2D eigenvalue weighted by atomic mass is 32.2. The molecule has 0 saturated heterocycles. The predicted octanol–water partition coefficient (Wildman–Crippen LogP) is 4.93. The molecular weight excluding hydrogens is 524 g/mol. The Morgan fingerprint density at radius 3 is 2.68 bits per heavy atom. The van der Waals surface area contributed by atoms with Crippen LogP contribution in [0.15, 0.2) is 58.7 Å². The number of aromatic hydroxyl groups is 1. The van der Waals surface area contributed by atoms with E-state index >= 15 is 0 Å². The molecule has 37 heavy (non-hydrogen) atoms. The second-order valence-corrected chi connectivity index (χ2v) is 10.1. The van der Waals surface area contributed by atoms with Gasteiger partial charge in [-0.3, -0.25) is 9.71 Å². The molecule has 0 spiro atoms. The first-order valence-electron chi connectivity index (χ1n) is 10.4. The number of methoxy groups -OCH3 is 1. The summed E-state index contributed by atoms with van der Waals surface area (Å²) in [5.74, 6) is -2.00. The molecule has 2 N–H and O–H groups in total. The zero-order chi connectivity index (χ0) is 26.7. The van der Waals surface area contributed by atoms with Crippen molar-refractivity contribution in [2.45, 2.75) is 11.9 Å². The van der Waals surface area contributed by atoms with Crippen LogP contribution in [-0.4, -0.2) is 36.8 Å². The molecule has 0 saturated carbocycles. The van der Waals surface area contributed by atoms with Crippen LogP contribution in [0.3, 0.4) is 0 Å². The lowest BCUT2D eigenvalue weighted by molar-refractivity contribution is 0.373. The maximum Gasteiger partial charge on any atom is 0.281 e. The molecule has 0 amide bonds. The number of sulfonamides is 1. The van der Waals surface area contributed by atoms with E-state index in [2.05, 4.69) is 19.7 Å². The number of rotatable bonds is 7. The first-order chi connectivity index (χ1) is 17.6. The molecule has 4 aromatic rings. The zero-order valence-corrected chi connectivity index (χ0v) is 20.9. The van der Waals surface area contributed by atoms with Gasteiger partial charge in [-0.1, -0.05) is 17.4 Å². The number of hydrogen-bond donors (Lipinski definition) is 2. The number of aromatic nitrogens is 2. The van der Waals surface area contributed by atoms with Gasteiger partial charge in [0, 0.05) is 17.3 Å². The van der Waals surface area contributed by atoms with Crippen LogP contribution in [-0.2, 0) is 10.0 Å². The van der Waals surface area contributed by atoms with E-state index in [9.17, 15) is 27.6 Å². The highest BCUT2D eigenvalue weighted by Gasteiger charge is 2.23. The lowest BCUT2D eigenvalue weighted by Gasteiger charge is -2.08. The molecule has 0 aliphatic rings. The molecule has 0 unspecified atom stereocenters. The standard InChI is InChI=1S/C24H17F2N5O4S2/c1-13-8-16(28-11-15-4-3-5-19(35-2)22(15)32)12-29-23(13)37(33,34)31-24-30-21(20(10-27)36-24)14-6-7-17(25)18(26)9-14/h3-9,11-12,32H,1-2H3,(H,30,31)/b28-11+. The summed E-state index contributed by atoms with van der Waals surface area (Å²) < 4.78 is 60.2. The van der Waals surface area contributed by atoms with E-state index < -0.39 is 21.7 Å². The second-order valence-electron chi connectivity index (χ2n) is 7.51. The summed E-state index contributed by atoms with van der Waals surface area (Å²) in [5, 5.41) is 19.1. The van der Waals surface area contributed by atoms with Crippen LogP contribution < -0.4 is 9.46 Å². The van der Waals surface area contributed by atoms with Crippen LogP contribution in [0, 0.1) is 29.9 Å². The average Bonchev–Trinajstić information content (AvgIpc) is 3.27. The van der Waals surface area contributed by atoms with E-state index in [0.29, 0.717) is 11.3 Å². The highest BCUT2D eigenvalue weighted by molar-refractivity contribution is 7.92. The fraction of sp³-hybridized carbons (Fsp3) is 0.0833. The van der Waals surface area contributed by atoms with Gasteiger partial charge in [-0.2, -0.15) is 13.7 Å². The SMILES string of the molecule is COc1cccc(/C=N/c2cnc(S(=O)(=O)Nc3nc(-c4ccc(F)c(F)c4)c(C#N)s3)c(C)c2)c1O. The van der Waals surface area contributed by atoms with Crippen LogP contribution in [0.5, 0.6) is 11.5 Å². The minimum atomic E-state index is -4.22. The third-order valence-electron chi connectivity index (χ3n) is 5.02. The third-order valence-corrected chi connectivity index (χ3v) is 7.42. The van der Waals surface area contributed by atoms with Crippen molar-refractivity contribution in [3.05, 3.63) is 76.3 Å². The number of para-hydroxylation sites is 1. The monoisotopic (exact) mass is 541 g/mol. The molecule has 0 aliphatic heterocycles. The Balaban J connectivity index is 1.59. The van der Waals surface area contributed by atoms with E-state index in [1.165, 1.54) is 38.6 Å². The van der Waals surface area contributed by atoms with Gasteiger partial charge in [0.25, 0.3) is 10.0 Å². The number of halogens is 2. The number of phenols is 1. The van der Waals surface area contributed by atoms with Crippen LogP contribution >= 0.6 is 11.3 Å². The molecule has 0 fully saturated rings. The van der Waals surface area contributed by atoms with Crippen molar-refractivity contribution in [2.75, 3.05) is 11.8 Å². The number of nitrogens with one attached hydrogen (secondary N) is 1. The minimum Gasteiger partial charge on any atom is -0.504 e. The van der Waals surface area contributed by atoms with Crippen molar-refractivity contribution in [1.29, 1.82) is 5.26 Å². The molecule has 9 nitrogen and oxygen atoms in total. The van der Waals surface area contributed by atoms with E-state index in [1.54, 1.807) is 18.2 Å². The molecule has 0 radical (unpaired) electrons. The second kappa shape index (κ2) is 10.3. The summed E-state index contributed by atoms with van der Waals surface area (Å²) in [6.45, 7) is 1.53. The number of nitriles is 1.